The average Bonchev–Trinajstić information content (AvgIpc) is 3.30. The second-order valence-corrected chi connectivity index (χ2v) is 7.84. The molecule has 0 aliphatic carbocycles. The van der Waals surface area contributed by atoms with Crippen LogP contribution in [0.4, 0.5) is 0 Å². The van der Waals surface area contributed by atoms with Crippen molar-refractivity contribution in [3.8, 4) is 11.1 Å². The Bertz CT molecular complexity index is 1020. The van der Waals surface area contributed by atoms with Crippen LogP contribution < -0.4 is 0 Å². The van der Waals surface area contributed by atoms with Gasteiger partial charge in [-0.15, -0.1) is 0 Å². The number of pyridine rings is 1. The first-order valence-corrected chi connectivity index (χ1v) is 10.7. The molecule has 4 rings (SSSR count). The summed E-state index contributed by atoms with van der Waals surface area (Å²) < 4.78 is 0. The van der Waals surface area contributed by atoms with E-state index in [-0.39, 0.29) is 17.7 Å². The van der Waals surface area contributed by atoms with Crippen molar-refractivity contribution in [2.75, 3.05) is 26.2 Å². The van der Waals surface area contributed by atoms with E-state index in [0.717, 1.165) is 23.1 Å². The Hall–Kier alpha value is -3.48. The Morgan fingerprint density at radius 1 is 1.13 bits per heavy atom. The molecule has 3 heterocycles. The van der Waals surface area contributed by atoms with Gasteiger partial charge < -0.3 is 14.8 Å². The SMILES string of the molecule is CCCN1CCN(C(=O)c2cnc[nH]2)CC(Cc2ccccc2-c2ccncc2)C1=O. The summed E-state index contributed by atoms with van der Waals surface area (Å²) in [6.07, 6.45) is 8.05. The van der Waals surface area contributed by atoms with Crippen molar-refractivity contribution in [2.24, 2.45) is 5.92 Å². The van der Waals surface area contributed by atoms with Crippen LogP contribution in [-0.4, -0.2) is 62.7 Å². The van der Waals surface area contributed by atoms with Crippen LogP contribution >= 0.6 is 0 Å². The summed E-state index contributed by atoms with van der Waals surface area (Å²) >= 11 is 0. The van der Waals surface area contributed by atoms with Crippen molar-refractivity contribution in [3.63, 3.8) is 0 Å². The molecule has 31 heavy (non-hydrogen) atoms. The largest absolute Gasteiger partial charge is 0.341 e. The predicted molar refractivity (Wildman–Crippen MR) is 118 cm³/mol. The number of carbonyl (C=O) groups excluding carboxylic acids is 2. The fraction of sp³-hybridized carbons (Fsp3) is 0.333. The molecule has 160 valence electrons. The summed E-state index contributed by atoms with van der Waals surface area (Å²) in [6.45, 7) is 4.23. The fourth-order valence-electron chi connectivity index (χ4n) is 4.19. The quantitative estimate of drug-likeness (QED) is 0.668. The molecule has 1 unspecified atom stereocenters. The molecular formula is C24H27N5O2. The lowest BCUT2D eigenvalue weighted by Crippen LogP contribution is -2.38. The first-order chi connectivity index (χ1) is 15.2. The van der Waals surface area contributed by atoms with Gasteiger partial charge in [0.25, 0.3) is 5.91 Å². The van der Waals surface area contributed by atoms with Crippen molar-refractivity contribution >= 4 is 11.8 Å². The molecule has 1 atom stereocenters. The molecule has 7 nitrogen and oxygen atoms in total. The van der Waals surface area contributed by atoms with Crippen LogP contribution in [0.25, 0.3) is 11.1 Å². The van der Waals surface area contributed by atoms with E-state index in [1.54, 1.807) is 17.3 Å². The summed E-state index contributed by atoms with van der Waals surface area (Å²) in [5, 5.41) is 0. The molecule has 1 fully saturated rings. The minimum Gasteiger partial charge on any atom is -0.341 e. The number of imidazole rings is 1. The van der Waals surface area contributed by atoms with Gasteiger partial charge in [0, 0.05) is 38.6 Å². The maximum Gasteiger partial charge on any atom is 0.271 e. The second kappa shape index (κ2) is 9.55. The molecule has 0 spiro atoms. The Balaban J connectivity index is 1.63. The van der Waals surface area contributed by atoms with E-state index in [4.69, 9.17) is 0 Å². The van der Waals surface area contributed by atoms with Crippen molar-refractivity contribution in [1.29, 1.82) is 0 Å². The van der Waals surface area contributed by atoms with Gasteiger partial charge in [-0.05, 0) is 41.7 Å². The number of aromatic nitrogens is 3. The minimum atomic E-state index is -0.302. The van der Waals surface area contributed by atoms with Crippen LogP contribution in [0, 0.1) is 5.92 Å². The van der Waals surface area contributed by atoms with E-state index in [0.29, 0.717) is 38.3 Å². The number of rotatable bonds is 6. The molecule has 1 aliphatic rings. The van der Waals surface area contributed by atoms with Crippen molar-refractivity contribution < 1.29 is 9.59 Å². The Kier molecular flexibility index (Phi) is 6.40. The average molecular weight is 418 g/mol. The number of nitrogens with one attached hydrogen (secondary N) is 1. The summed E-state index contributed by atoms with van der Waals surface area (Å²) in [7, 11) is 0. The molecule has 2 aromatic heterocycles. The minimum absolute atomic E-state index is 0.115. The zero-order chi connectivity index (χ0) is 21.6. The maximum absolute atomic E-state index is 13.4. The third-order valence-electron chi connectivity index (χ3n) is 5.73. The molecule has 3 aromatic rings. The zero-order valence-electron chi connectivity index (χ0n) is 17.7. The number of aromatic amines is 1. The summed E-state index contributed by atoms with van der Waals surface area (Å²) in [6, 6.07) is 12.1. The number of H-pyrrole nitrogens is 1. The van der Waals surface area contributed by atoms with Gasteiger partial charge in [0.15, 0.2) is 0 Å². The van der Waals surface area contributed by atoms with E-state index in [1.807, 2.05) is 29.2 Å². The van der Waals surface area contributed by atoms with E-state index in [9.17, 15) is 9.59 Å². The molecule has 0 saturated carbocycles. The lowest BCUT2D eigenvalue weighted by atomic mass is 9.91. The number of hydrogen-bond donors (Lipinski definition) is 1. The highest BCUT2D eigenvalue weighted by Gasteiger charge is 2.33. The lowest BCUT2D eigenvalue weighted by molar-refractivity contribution is -0.134. The first kappa shape index (κ1) is 20.8. The Morgan fingerprint density at radius 3 is 2.68 bits per heavy atom. The molecule has 1 N–H and O–H groups in total. The van der Waals surface area contributed by atoms with Gasteiger partial charge >= 0.3 is 0 Å². The molecule has 7 heteroatoms. The number of carbonyl (C=O) groups is 2. The topological polar surface area (TPSA) is 82.2 Å². The van der Waals surface area contributed by atoms with Crippen molar-refractivity contribution in [3.05, 3.63) is 72.6 Å². The van der Waals surface area contributed by atoms with Gasteiger partial charge in [0.05, 0.1) is 18.4 Å². The number of nitrogens with zero attached hydrogens (tertiary/aromatic N) is 4. The van der Waals surface area contributed by atoms with Crippen molar-refractivity contribution in [1.82, 2.24) is 24.8 Å². The Morgan fingerprint density at radius 2 is 1.94 bits per heavy atom. The van der Waals surface area contributed by atoms with Crippen LogP contribution in [0.3, 0.4) is 0 Å². The standard InChI is InChI=1S/C24H27N5O2/c1-2-11-28-12-13-29(24(31)22-15-26-17-27-22)16-20(23(28)30)14-19-5-3-4-6-21(19)18-7-9-25-10-8-18/h3-10,15,17,20H,2,11-14,16H2,1H3,(H,26,27). The fourth-order valence-corrected chi connectivity index (χ4v) is 4.19. The highest BCUT2D eigenvalue weighted by molar-refractivity contribution is 5.93. The summed E-state index contributed by atoms with van der Waals surface area (Å²) in [5.74, 6) is -0.300. The van der Waals surface area contributed by atoms with Crippen LogP contribution in [0.1, 0.15) is 29.4 Å². The highest BCUT2D eigenvalue weighted by Crippen LogP contribution is 2.27. The van der Waals surface area contributed by atoms with E-state index in [1.165, 1.54) is 12.5 Å². The van der Waals surface area contributed by atoms with Crippen LogP contribution in [0.15, 0.2) is 61.3 Å². The van der Waals surface area contributed by atoms with Gasteiger partial charge in [-0.1, -0.05) is 31.2 Å². The van der Waals surface area contributed by atoms with Crippen LogP contribution in [-0.2, 0) is 11.2 Å². The van der Waals surface area contributed by atoms with Gasteiger partial charge in [-0.3, -0.25) is 14.6 Å². The number of amides is 2. The maximum atomic E-state index is 13.4. The van der Waals surface area contributed by atoms with E-state index >= 15 is 0 Å². The third-order valence-corrected chi connectivity index (χ3v) is 5.73. The van der Waals surface area contributed by atoms with Crippen LogP contribution in [0.5, 0.6) is 0 Å². The molecule has 0 radical (unpaired) electrons. The molecule has 1 aliphatic heterocycles. The van der Waals surface area contributed by atoms with Gasteiger partial charge in [0.2, 0.25) is 5.91 Å². The van der Waals surface area contributed by atoms with E-state index in [2.05, 4.69) is 34.0 Å². The zero-order valence-corrected chi connectivity index (χ0v) is 17.7. The summed E-state index contributed by atoms with van der Waals surface area (Å²) in [5.41, 5.74) is 3.71. The van der Waals surface area contributed by atoms with Gasteiger partial charge in [0.1, 0.15) is 5.69 Å². The molecule has 1 saturated heterocycles. The lowest BCUT2D eigenvalue weighted by Gasteiger charge is -2.24. The summed E-state index contributed by atoms with van der Waals surface area (Å²) in [4.78, 5) is 41.0. The molecular weight excluding hydrogens is 390 g/mol. The molecule has 0 bridgehead atoms. The number of hydrogen-bond acceptors (Lipinski definition) is 4. The van der Waals surface area contributed by atoms with Crippen LogP contribution in [0.2, 0.25) is 0 Å². The predicted octanol–water partition coefficient (Wildman–Crippen LogP) is 3.03. The van der Waals surface area contributed by atoms with Gasteiger partial charge in [-0.2, -0.15) is 0 Å². The normalized spacial score (nSPS) is 16.9. The number of benzene rings is 1. The highest BCUT2D eigenvalue weighted by atomic mass is 16.2. The first-order valence-electron chi connectivity index (χ1n) is 10.7. The van der Waals surface area contributed by atoms with E-state index < -0.39 is 0 Å². The molecule has 1 aromatic carbocycles. The third kappa shape index (κ3) is 4.66. The molecule has 2 amide bonds. The monoisotopic (exact) mass is 417 g/mol. The van der Waals surface area contributed by atoms with Crippen molar-refractivity contribution in [2.45, 2.75) is 19.8 Å². The second-order valence-electron chi connectivity index (χ2n) is 7.84. The Labute approximate surface area is 182 Å². The van der Waals surface area contributed by atoms with Gasteiger partial charge in [-0.25, -0.2) is 4.98 Å². The smallest absolute Gasteiger partial charge is 0.271 e.